The number of benzene rings is 1. The molecular weight excluding hydrogens is 324 g/mol. The molecule has 0 aliphatic heterocycles. The number of thioether (sulfide) groups is 1. The zero-order valence-corrected chi connectivity index (χ0v) is 14.8. The molecule has 24 heavy (non-hydrogen) atoms. The van der Waals surface area contributed by atoms with Gasteiger partial charge in [0.1, 0.15) is 5.75 Å². The van der Waals surface area contributed by atoms with Crippen LogP contribution in [0.3, 0.4) is 0 Å². The number of nitrogens with zero attached hydrogens (tertiary/aromatic N) is 3. The summed E-state index contributed by atoms with van der Waals surface area (Å²) in [6.45, 7) is 3.60. The molecule has 1 fully saturated rings. The number of amides is 1. The third kappa shape index (κ3) is 4.08. The highest BCUT2D eigenvalue weighted by Crippen LogP contribution is 2.28. The molecule has 128 valence electrons. The van der Waals surface area contributed by atoms with Crippen molar-refractivity contribution >= 4 is 17.7 Å². The molecule has 0 bridgehead atoms. The Labute approximate surface area is 146 Å². The van der Waals surface area contributed by atoms with Gasteiger partial charge >= 0.3 is 0 Å². The Kier molecular flexibility index (Phi) is 5.40. The van der Waals surface area contributed by atoms with Crippen LogP contribution in [-0.4, -0.2) is 40.1 Å². The molecule has 1 aromatic carbocycles. The molecule has 0 radical (unpaired) electrons. The van der Waals surface area contributed by atoms with Crippen LogP contribution >= 0.6 is 11.8 Å². The minimum atomic E-state index is 0.0588. The SMILES string of the molecule is CCn1c(SCC(=O)NCC2CC2)nnc1-c1ccc(OC)cc1. The molecule has 7 heteroatoms. The molecule has 1 aliphatic carbocycles. The second-order valence-electron chi connectivity index (χ2n) is 5.82. The van der Waals surface area contributed by atoms with Gasteiger partial charge in [-0.3, -0.25) is 4.79 Å². The first kappa shape index (κ1) is 16.8. The zero-order valence-electron chi connectivity index (χ0n) is 14.0. The maximum absolute atomic E-state index is 11.9. The first-order valence-corrected chi connectivity index (χ1v) is 9.17. The van der Waals surface area contributed by atoms with Crippen LogP contribution in [0.5, 0.6) is 5.75 Å². The zero-order chi connectivity index (χ0) is 16.9. The summed E-state index contributed by atoms with van der Waals surface area (Å²) < 4.78 is 7.21. The molecule has 3 rings (SSSR count). The van der Waals surface area contributed by atoms with E-state index < -0.39 is 0 Å². The topological polar surface area (TPSA) is 69.0 Å². The summed E-state index contributed by atoms with van der Waals surface area (Å²) in [4.78, 5) is 11.9. The third-order valence-corrected chi connectivity index (χ3v) is 4.97. The lowest BCUT2D eigenvalue weighted by atomic mass is 10.2. The molecule has 1 amide bonds. The minimum absolute atomic E-state index is 0.0588. The number of ether oxygens (including phenoxy) is 1. The van der Waals surface area contributed by atoms with Crippen LogP contribution in [0.25, 0.3) is 11.4 Å². The Balaban J connectivity index is 1.65. The fourth-order valence-corrected chi connectivity index (χ4v) is 3.23. The van der Waals surface area contributed by atoms with E-state index in [2.05, 4.69) is 15.5 Å². The first-order chi connectivity index (χ1) is 11.7. The van der Waals surface area contributed by atoms with Crippen LogP contribution in [0, 0.1) is 5.92 Å². The molecule has 0 spiro atoms. The average molecular weight is 346 g/mol. The number of hydrogen-bond acceptors (Lipinski definition) is 5. The van der Waals surface area contributed by atoms with Crippen molar-refractivity contribution in [1.29, 1.82) is 0 Å². The molecule has 1 saturated carbocycles. The molecule has 0 saturated heterocycles. The normalized spacial score (nSPS) is 13.8. The maximum atomic E-state index is 11.9. The van der Waals surface area contributed by atoms with Crippen molar-refractivity contribution in [3.8, 4) is 17.1 Å². The number of nitrogens with one attached hydrogen (secondary N) is 1. The predicted molar refractivity (Wildman–Crippen MR) is 94.1 cm³/mol. The van der Waals surface area contributed by atoms with Crippen LogP contribution in [0.2, 0.25) is 0 Å². The largest absolute Gasteiger partial charge is 0.497 e. The quantitative estimate of drug-likeness (QED) is 0.744. The molecule has 2 aromatic rings. The Morgan fingerprint density at radius 1 is 1.33 bits per heavy atom. The van der Waals surface area contributed by atoms with Gasteiger partial charge < -0.3 is 14.6 Å². The molecule has 1 N–H and O–H groups in total. The number of carbonyl (C=O) groups excluding carboxylic acids is 1. The molecule has 1 heterocycles. The van der Waals surface area contributed by atoms with E-state index in [9.17, 15) is 4.79 Å². The lowest BCUT2D eigenvalue weighted by molar-refractivity contribution is -0.118. The van der Waals surface area contributed by atoms with Gasteiger partial charge in [0.2, 0.25) is 5.91 Å². The lowest BCUT2D eigenvalue weighted by Crippen LogP contribution is -2.27. The Morgan fingerprint density at radius 2 is 2.08 bits per heavy atom. The van der Waals surface area contributed by atoms with Crippen molar-refractivity contribution in [2.24, 2.45) is 5.92 Å². The summed E-state index contributed by atoms with van der Waals surface area (Å²) in [5.41, 5.74) is 0.982. The summed E-state index contributed by atoms with van der Waals surface area (Å²) in [7, 11) is 1.65. The van der Waals surface area contributed by atoms with Gasteiger partial charge in [-0.2, -0.15) is 0 Å². The summed E-state index contributed by atoms with van der Waals surface area (Å²) >= 11 is 1.43. The Bertz CT molecular complexity index is 695. The smallest absolute Gasteiger partial charge is 0.230 e. The van der Waals surface area contributed by atoms with E-state index in [1.165, 1.54) is 24.6 Å². The lowest BCUT2D eigenvalue weighted by Gasteiger charge is -2.08. The van der Waals surface area contributed by atoms with Gasteiger partial charge in [0.25, 0.3) is 0 Å². The van der Waals surface area contributed by atoms with Crippen LogP contribution < -0.4 is 10.1 Å². The first-order valence-electron chi connectivity index (χ1n) is 8.18. The Hall–Kier alpha value is -2.02. The summed E-state index contributed by atoms with van der Waals surface area (Å²) in [6, 6.07) is 7.74. The van der Waals surface area contributed by atoms with Gasteiger partial charge in [0.15, 0.2) is 11.0 Å². The molecule has 6 nitrogen and oxygen atoms in total. The highest BCUT2D eigenvalue weighted by Gasteiger charge is 2.22. The highest BCUT2D eigenvalue weighted by atomic mass is 32.2. The van der Waals surface area contributed by atoms with Crippen LogP contribution in [0.1, 0.15) is 19.8 Å². The van der Waals surface area contributed by atoms with Gasteiger partial charge in [-0.1, -0.05) is 11.8 Å². The minimum Gasteiger partial charge on any atom is -0.497 e. The van der Waals surface area contributed by atoms with Crippen molar-refractivity contribution in [2.75, 3.05) is 19.4 Å². The van der Waals surface area contributed by atoms with Gasteiger partial charge in [0, 0.05) is 18.7 Å². The van der Waals surface area contributed by atoms with Gasteiger partial charge in [-0.25, -0.2) is 0 Å². The van der Waals surface area contributed by atoms with Gasteiger partial charge in [-0.05, 0) is 49.9 Å². The summed E-state index contributed by atoms with van der Waals surface area (Å²) in [6.07, 6.45) is 2.48. The fraction of sp³-hybridized carbons (Fsp3) is 0.471. The van der Waals surface area contributed by atoms with Crippen LogP contribution in [0.15, 0.2) is 29.4 Å². The van der Waals surface area contributed by atoms with Crippen molar-refractivity contribution in [3.05, 3.63) is 24.3 Å². The second-order valence-corrected chi connectivity index (χ2v) is 6.76. The van der Waals surface area contributed by atoms with Crippen molar-refractivity contribution < 1.29 is 9.53 Å². The number of carbonyl (C=O) groups is 1. The molecule has 0 atom stereocenters. The summed E-state index contributed by atoms with van der Waals surface area (Å²) in [5.74, 6) is 2.74. The van der Waals surface area contributed by atoms with E-state index >= 15 is 0 Å². The number of hydrogen-bond donors (Lipinski definition) is 1. The Morgan fingerprint density at radius 3 is 2.71 bits per heavy atom. The molecule has 1 aliphatic rings. The van der Waals surface area contributed by atoms with E-state index in [4.69, 9.17) is 4.74 Å². The van der Waals surface area contributed by atoms with E-state index in [0.717, 1.165) is 35.4 Å². The molecular formula is C17H22N4O2S. The van der Waals surface area contributed by atoms with E-state index in [1.54, 1.807) is 7.11 Å². The van der Waals surface area contributed by atoms with E-state index in [0.29, 0.717) is 11.7 Å². The molecule has 1 aromatic heterocycles. The van der Waals surface area contributed by atoms with Crippen molar-refractivity contribution in [3.63, 3.8) is 0 Å². The fourth-order valence-electron chi connectivity index (χ4n) is 2.40. The summed E-state index contributed by atoms with van der Waals surface area (Å²) in [5, 5.41) is 12.3. The average Bonchev–Trinajstić information content (AvgIpc) is 3.36. The number of methoxy groups -OCH3 is 1. The van der Waals surface area contributed by atoms with Crippen LogP contribution in [0.4, 0.5) is 0 Å². The maximum Gasteiger partial charge on any atom is 0.230 e. The molecule has 0 unspecified atom stereocenters. The second kappa shape index (κ2) is 7.70. The third-order valence-electron chi connectivity index (χ3n) is 4.00. The predicted octanol–water partition coefficient (Wildman–Crippen LogP) is 2.59. The standard InChI is InChI=1S/C17H22N4O2S/c1-3-21-16(13-6-8-14(23-2)9-7-13)19-20-17(21)24-11-15(22)18-10-12-4-5-12/h6-9,12H,3-5,10-11H2,1-2H3,(H,18,22). The van der Waals surface area contributed by atoms with Crippen molar-refractivity contribution in [2.45, 2.75) is 31.5 Å². The van der Waals surface area contributed by atoms with Gasteiger partial charge in [-0.15, -0.1) is 10.2 Å². The van der Waals surface area contributed by atoms with Gasteiger partial charge in [0.05, 0.1) is 12.9 Å². The van der Waals surface area contributed by atoms with Crippen molar-refractivity contribution in [1.82, 2.24) is 20.1 Å². The van der Waals surface area contributed by atoms with Crippen LogP contribution in [-0.2, 0) is 11.3 Å². The van der Waals surface area contributed by atoms with E-state index in [1.807, 2.05) is 35.8 Å². The highest BCUT2D eigenvalue weighted by molar-refractivity contribution is 7.99. The number of aromatic nitrogens is 3. The monoisotopic (exact) mass is 346 g/mol. The van der Waals surface area contributed by atoms with E-state index in [-0.39, 0.29) is 5.91 Å². The number of rotatable bonds is 8.